The number of rotatable bonds is 20. The summed E-state index contributed by atoms with van der Waals surface area (Å²) in [4.78, 5) is 0. The van der Waals surface area contributed by atoms with Crippen LogP contribution in [0.3, 0.4) is 0 Å². The second kappa shape index (κ2) is 21.0. The molecule has 2 radical (unpaired) electrons. The second-order valence-electron chi connectivity index (χ2n) is 8.66. The van der Waals surface area contributed by atoms with Crippen LogP contribution in [-0.4, -0.2) is 0 Å². The highest BCUT2D eigenvalue weighted by Crippen LogP contribution is 2.18. The molecule has 0 spiro atoms. The van der Waals surface area contributed by atoms with Crippen LogP contribution < -0.4 is 0 Å². The molecule has 0 amide bonds. The van der Waals surface area contributed by atoms with E-state index in [1.807, 2.05) is 0 Å². The Balaban J connectivity index is 3.19. The van der Waals surface area contributed by atoms with E-state index in [-0.39, 0.29) is 0 Å². The van der Waals surface area contributed by atoms with Gasteiger partial charge in [0, 0.05) is 0 Å². The molecule has 0 aromatic heterocycles. The summed E-state index contributed by atoms with van der Waals surface area (Å²) in [5.41, 5.74) is 0. The molecule has 0 fully saturated rings. The van der Waals surface area contributed by atoms with Crippen LogP contribution in [-0.2, 0) is 0 Å². The number of allylic oxidation sites excluding steroid dienone is 2. The Kier molecular flexibility index (Phi) is 20.8. The van der Waals surface area contributed by atoms with Gasteiger partial charge in [-0.1, -0.05) is 130 Å². The van der Waals surface area contributed by atoms with Gasteiger partial charge in [0.05, 0.1) is 0 Å². The van der Waals surface area contributed by atoms with Crippen molar-refractivity contribution < 1.29 is 0 Å². The van der Waals surface area contributed by atoms with Gasteiger partial charge >= 0.3 is 0 Å². The molecule has 0 aliphatic carbocycles. The molecule has 0 aliphatic rings. The molecular weight excluding hydrogens is 312 g/mol. The highest BCUT2D eigenvalue weighted by Gasteiger charge is 2.01. The molecule has 2 atom stereocenters. The van der Waals surface area contributed by atoms with E-state index in [9.17, 15) is 0 Å². The lowest BCUT2D eigenvalue weighted by Gasteiger charge is -2.10. The zero-order valence-corrected chi connectivity index (χ0v) is 18.5. The first-order chi connectivity index (χ1) is 12.7. The molecule has 26 heavy (non-hydrogen) atoms. The first-order valence-electron chi connectivity index (χ1n) is 11.9. The standard InChI is InChI=1S/C26H50/c1-5-7-18-22-26(4)24-20-17-15-13-11-9-8-10-12-14-16-19-23-25(3)21-6-2/h14,16,25-26H,1-2,5-13,15,17-24H2,3-4H3/b16-14+. The van der Waals surface area contributed by atoms with E-state index in [1.165, 1.54) is 103 Å². The van der Waals surface area contributed by atoms with E-state index in [0.29, 0.717) is 0 Å². The zero-order valence-electron chi connectivity index (χ0n) is 18.5. The Hall–Kier alpha value is -0.260. The summed E-state index contributed by atoms with van der Waals surface area (Å²) in [6, 6.07) is 0. The summed E-state index contributed by atoms with van der Waals surface area (Å²) in [7, 11) is 0. The average Bonchev–Trinajstić information content (AvgIpc) is 2.62. The van der Waals surface area contributed by atoms with E-state index in [0.717, 1.165) is 24.7 Å². The van der Waals surface area contributed by atoms with Gasteiger partial charge in [-0.05, 0) is 37.5 Å². The van der Waals surface area contributed by atoms with Gasteiger partial charge in [0.15, 0.2) is 0 Å². The van der Waals surface area contributed by atoms with Gasteiger partial charge in [-0.25, -0.2) is 0 Å². The fraction of sp³-hybridized carbons (Fsp3) is 0.846. The van der Waals surface area contributed by atoms with Crippen LogP contribution in [0, 0.1) is 25.7 Å². The highest BCUT2D eigenvalue weighted by atomic mass is 14.1. The monoisotopic (exact) mass is 362 g/mol. The van der Waals surface area contributed by atoms with Crippen molar-refractivity contribution in [3.05, 3.63) is 26.0 Å². The molecule has 0 saturated heterocycles. The second-order valence-corrected chi connectivity index (χ2v) is 8.66. The van der Waals surface area contributed by atoms with Gasteiger partial charge < -0.3 is 0 Å². The largest absolute Gasteiger partial charge is 0.0885 e. The lowest BCUT2D eigenvalue weighted by molar-refractivity contribution is 0.437. The van der Waals surface area contributed by atoms with Crippen LogP contribution in [0.1, 0.15) is 129 Å². The van der Waals surface area contributed by atoms with Crippen LogP contribution in [0.4, 0.5) is 0 Å². The molecule has 0 aromatic carbocycles. The molecule has 0 heteroatoms. The Bertz CT molecular complexity index is 278. The third kappa shape index (κ3) is 20.1. The smallest absolute Gasteiger partial charge is 0.0348 e. The molecule has 0 aromatic rings. The molecule has 0 nitrogen and oxygen atoms in total. The zero-order chi connectivity index (χ0) is 19.3. The first-order valence-corrected chi connectivity index (χ1v) is 11.9. The number of hydrogen-bond donors (Lipinski definition) is 0. The van der Waals surface area contributed by atoms with Crippen molar-refractivity contribution in [2.75, 3.05) is 0 Å². The lowest BCUT2D eigenvalue weighted by Crippen LogP contribution is -1.94. The van der Waals surface area contributed by atoms with Crippen molar-refractivity contribution in [3.8, 4) is 0 Å². The van der Waals surface area contributed by atoms with Gasteiger partial charge in [-0.15, -0.1) is 0 Å². The molecule has 0 rings (SSSR count). The average molecular weight is 363 g/mol. The molecule has 0 heterocycles. The molecule has 0 aliphatic heterocycles. The predicted octanol–water partition coefficient (Wildman–Crippen LogP) is 9.50. The van der Waals surface area contributed by atoms with Crippen molar-refractivity contribution in [2.24, 2.45) is 11.8 Å². The Morgan fingerprint density at radius 3 is 1.62 bits per heavy atom. The highest BCUT2D eigenvalue weighted by molar-refractivity contribution is 4.82. The fourth-order valence-electron chi connectivity index (χ4n) is 3.74. The van der Waals surface area contributed by atoms with Crippen LogP contribution in [0.2, 0.25) is 0 Å². The van der Waals surface area contributed by atoms with E-state index >= 15 is 0 Å². The van der Waals surface area contributed by atoms with Crippen LogP contribution >= 0.6 is 0 Å². The minimum absolute atomic E-state index is 0.846. The number of unbranched alkanes of at least 4 members (excludes halogenated alkanes) is 10. The van der Waals surface area contributed by atoms with Crippen LogP contribution in [0.15, 0.2) is 12.2 Å². The molecule has 154 valence electrons. The van der Waals surface area contributed by atoms with Gasteiger partial charge in [0.25, 0.3) is 0 Å². The van der Waals surface area contributed by atoms with E-state index in [1.54, 1.807) is 0 Å². The van der Waals surface area contributed by atoms with Crippen molar-refractivity contribution in [2.45, 2.75) is 129 Å². The fourth-order valence-corrected chi connectivity index (χ4v) is 3.74. The molecular formula is C26H50. The lowest BCUT2D eigenvalue weighted by atomic mass is 9.96. The molecule has 2 unspecified atom stereocenters. The van der Waals surface area contributed by atoms with Gasteiger partial charge in [0.2, 0.25) is 0 Å². The summed E-state index contributed by atoms with van der Waals surface area (Å²) in [5.74, 6) is 1.78. The minimum Gasteiger partial charge on any atom is -0.0885 e. The minimum atomic E-state index is 0.846. The maximum absolute atomic E-state index is 3.94. The third-order valence-electron chi connectivity index (χ3n) is 5.70. The SMILES string of the molecule is [CH2]CCCCC(C)CCCCCCCCCC/C=C/CCC(C)CC[CH2]. The summed E-state index contributed by atoms with van der Waals surface area (Å²) in [6.45, 7) is 12.7. The van der Waals surface area contributed by atoms with Gasteiger partial charge in [-0.2, -0.15) is 0 Å². The Morgan fingerprint density at radius 1 is 0.500 bits per heavy atom. The van der Waals surface area contributed by atoms with Crippen molar-refractivity contribution in [1.29, 1.82) is 0 Å². The van der Waals surface area contributed by atoms with Gasteiger partial charge in [-0.3, -0.25) is 0 Å². The van der Waals surface area contributed by atoms with E-state index in [2.05, 4.69) is 39.8 Å². The van der Waals surface area contributed by atoms with Crippen LogP contribution in [0.25, 0.3) is 0 Å². The van der Waals surface area contributed by atoms with E-state index < -0.39 is 0 Å². The maximum atomic E-state index is 3.94. The summed E-state index contributed by atoms with van der Waals surface area (Å²) >= 11 is 0. The first kappa shape index (κ1) is 25.7. The molecule has 0 bridgehead atoms. The Labute approximate surface area is 167 Å². The number of hydrogen-bond acceptors (Lipinski definition) is 0. The summed E-state index contributed by atoms with van der Waals surface area (Å²) in [5, 5.41) is 0. The van der Waals surface area contributed by atoms with Crippen molar-refractivity contribution in [1.82, 2.24) is 0 Å². The molecule has 0 N–H and O–H groups in total. The summed E-state index contributed by atoms with van der Waals surface area (Å²) < 4.78 is 0. The van der Waals surface area contributed by atoms with Gasteiger partial charge in [0.1, 0.15) is 0 Å². The Morgan fingerprint density at radius 2 is 1.00 bits per heavy atom. The van der Waals surface area contributed by atoms with E-state index in [4.69, 9.17) is 0 Å². The third-order valence-corrected chi connectivity index (χ3v) is 5.70. The summed E-state index contributed by atoms with van der Waals surface area (Å²) in [6.07, 6.45) is 29.2. The quantitative estimate of drug-likeness (QED) is 0.149. The van der Waals surface area contributed by atoms with Crippen molar-refractivity contribution >= 4 is 0 Å². The maximum Gasteiger partial charge on any atom is -0.0348 e. The topological polar surface area (TPSA) is 0 Å². The predicted molar refractivity (Wildman–Crippen MR) is 121 cm³/mol. The molecule has 0 saturated carbocycles. The normalized spacial score (nSPS) is 14.2. The van der Waals surface area contributed by atoms with Crippen molar-refractivity contribution in [3.63, 3.8) is 0 Å². The van der Waals surface area contributed by atoms with Crippen LogP contribution in [0.5, 0.6) is 0 Å².